The van der Waals surface area contributed by atoms with Crippen LogP contribution >= 0.6 is 11.3 Å². The highest BCUT2D eigenvalue weighted by molar-refractivity contribution is 7.11. The molecule has 0 bridgehead atoms. The largest absolute Gasteiger partial charge is 0.510 e. The van der Waals surface area contributed by atoms with Gasteiger partial charge in [0.15, 0.2) is 0 Å². The first-order chi connectivity index (χ1) is 10.1. The molecular formula is C16H17N3OS. The molecule has 3 rings (SSSR count). The fraction of sp³-hybridized carbons (Fsp3) is 0.250. The minimum absolute atomic E-state index is 0.252. The Morgan fingerprint density at radius 3 is 2.76 bits per heavy atom. The summed E-state index contributed by atoms with van der Waals surface area (Å²) in [6.45, 7) is 3.05. The van der Waals surface area contributed by atoms with E-state index in [1.54, 1.807) is 0 Å². The van der Waals surface area contributed by atoms with Gasteiger partial charge in [-0.1, -0.05) is 30.3 Å². The van der Waals surface area contributed by atoms with E-state index in [2.05, 4.69) is 17.1 Å². The number of benzene rings is 1. The lowest BCUT2D eigenvalue weighted by atomic mass is 10.1. The van der Waals surface area contributed by atoms with E-state index in [1.165, 1.54) is 16.9 Å². The van der Waals surface area contributed by atoms with Gasteiger partial charge in [-0.3, -0.25) is 5.41 Å². The SMILES string of the molecule is Cc1csc(C2=C(O)CN(CCc3ccccc3)C2=N)n1. The summed E-state index contributed by atoms with van der Waals surface area (Å²) in [6, 6.07) is 10.2. The van der Waals surface area contributed by atoms with Crippen molar-refractivity contribution < 1.29 is 5.11 Å². The van der Waals surface area contributed by atoms with Crippen LogP contribution in [0.15, 0.2) is 41.5 Å². The van der Waals surface area contributed by atoms with Crippen molar-refractivity contribution in [3.05, 3.63) is 57.7 Å². The highest BCUT2D eigenvalue weighted by Crippen LogP contribution is 2.29. The van der Waals surface area contributed by atoms with Crippen LogP contribution in [0.4, 0.5) is 0 Å². The lowest BCUT2D eigenvalue weighted by Gasteiger charge is -2.18. The first kappa shape index (κ1) is 13.8. The van der Waals surface area contributed by atoms with Gasteiger partial charge in [0, 0.05) is 17.6 Å². The topological polar surface area (TPSA) is 60.2 Å². The lowest BCUT2D eigenvalue weighted by Crippen LogP contribution is -2.28. The molecule has 0 fully saturated rings. The molecule has 1 aliphatic rings. The average Bonchev–Trinajstić information content (AvgIpc) is 3.01. The molecule has 1 aromatic carbocycles. The second kappa shape index (κ2) is 5.69. The van der Waals surface area contributed by atoms with E-state index >= 15 is 0 Å². The zero-order valence-corrected chi connectivity index (χ0v) is 12.7. The molecule has 4 nitrogen and oxygen atoms in total. The van der Waals surface area contributed by atoms with E-state index < -0.39 is 0 Å². The Morgan fingerprint density at radius 1 is 1.33 bits per heavy atom. The van der Waals surface area contributed by atoms with Crippen LogP contribution in [0.2, 0.25) is 0 Å². The normalized spacial score (nSPS) is 15.1. The third-order valence-electron chi connectivity index (χ3n) is 3.53. The van der Waals surface area contributed by atoms with E-state index in [1.807, 2.05) is 35.4 Å². The highest BCUT2D eigenvalue weighted by Gasteiger charge is 2.29. The van der Waals surface area contributed by atoms with Crippen molar-refractivity contribution in [2.45, 2.75) is 13.3 Å². The minimum atomic E-state index is 0.252. The number of thiazole rings is 1. The van der Waals surface area contributed by atoms with Gasteiger partial charge in [-0.25, -0.2) is 4.98 Å². The van der Waals surface area contributed by atoms with Crippen molar-refractivity contribution in [1.82, 2.24) is 9.88 Å². The number of aromatic nitrogens is 1. The Morgan fingerprint density at radius 2 is 2.10 bits per heavy atom. The molecule has 108 valence electrons. The van der Waals surface area contributed by atoms with Crippen molar-refractivity contribution in [1.29, 1.82) is 5.41 Å². The number of hydrogen-bond acceptors (Lipinski definition) is 4. The summed E-state index contributed by atoms with van der Waals surface area (Å²) < 4.78 is 0. The van der Waals surface area contributed by atoms with E-state index in [0.717, 1.165) is 23.7 Å². The number of nitrogens with zero attached hydrogens (tertiary/aromatic N) is 2. The number of aryl methyl sites for hydroxylation is 1. The summed E-state index contributed by atoms with van der Waals surface area (Å²) in [6.07, 6.45) is 0.862. The van der Waals surface area contributed by atoms with Crippen molar-refractivity contribution >= 4 is 22.7 Å². The molecule has 0 saturated carbocycles. The van der Waals surface area contributed by atoms with Crippen molar-refractivity contribution in [2.75, 3.05) is 13.1 Å². The van der Waals surface area contributed by atoms with Crippen LogP contribution in [0.25, 0.3) is 5.57 Å². The lowest BCUT2D eigenvalue weighted by molar-refractivity contribution is 0.351. The standard InChI is InChI=1S/C16H17N3OS/c1-11-10-21-16(18-11)14-13(20)9-19(15(14)17)8-7-12-5-3-2-4-6-12/h2-6,10,17,20H,7-9H2,1H3. The Bertz CT molecular complexity index is 691. The Kier molecular flexibility index (Phi) is 3.75. The second-order valence-corrected chi connectivity index (χ2v) is 5.98. The molecule has 0 aliphatic carbocycles. The first-order valence-corrected chi connectivity index (χ1v) is 7.75. The van der Waals surface area contributed by atoms with Crippen molar-refractivity contribution in [2.24, 2.45) is 0 Å². The summed E-state index contributed by atoms with van der Waals surface area (Å²) in [4.78, 5) is 6.28. The van der Waals surface area contributed by atoms with Crippen LogP contribution in [0, 0.1) is 12.3 Å². The quantitative estimate of drug-likeness (QED) is 0.911. The number of aliphatic hydroxyl groups excluding tert-OH is 1. The van der Waals surface area contributed by atoms with E-state index in [0.29, 0.717) is 18.0 Å². The van der Waals surface area contributed by atoms with Gasteiger partial charge in [-0.15, -0.1) is 11.3 Å². The van der Waals surface area contributed by atoms with E-state index in [4.69, 9.17) is 5.41 Å². The van der Waals surface area contributed by atoms with Crippen LogP contribution in [0.1, 0.15) is 16.3 Å². The second-order valence-electron chi connectivity index (χ2n) is 5.12. The van der Waals surface area contributed by atoms with Gasteiger partial charge in [0.05, 0.1) is 12.1 Å². The highest BCUT2D eigenvalue weighted by atomic mass is 32.1. The summed E-state index contributed by atoms with van der Waals surface area (Å²) in [5, 5.41) is 21.1. The molecule has 21 heavy (non-hydrogen) atoms. The summed E-state index contributed by atoms with van der Waals surface area (Å²) in [5.41, 5.74) is 2.75. The number of aliphatic hydroxyl groups is 1. The van der Waals surface area contributed by atoms with Crippen LogP contribution < -0.4 is 0 Å². The monoisotopic (exact) mass is 299 g/mol. The van der Waals surface area contributed by atoms with Gasteiger partial charge in [-0.05, 0) is 18.9 Å². The maximum Gasteiger partial charge on any atom is 0.135 e. The Labute approximate surface area is 127 Å². The summed E-state index contributed by atoms with van der Waals surface area (Å²) in [5.74, 6) is 0.625. The third kappa shape index (κ3) is 2.83. The molecule has 0 atom stereocenters. The third-order valence-corrected chi connectivity index (χ3v) is 4.51. The van der Waals surface area contributed by atoms with Gasteiger partial charge in [0.25, 0.3) is 0 Å². The predicted molar refractivity (Wildman–Crippen MR) is 85.8 cm³/mol. The van der Waals surface area contributed by atoms with Gasteiger partial charge in [-0.2, -0.15) is 0 Å². The molecule has 1 aliphatic heterocycles. The van der Waals surface area contributed by atoms with Gasteiger partial charge in [0.1, 0.15) is 16.6 Å². The average molecular weight is 299 g/mol. The smallest absolute Gasteiger partial charge is 0.135 e. The molecule has 2 N–H and O–H groups in total. The Balaban J connectivity index is 1.70. The van der Waals surface area contributed by atoms with Crippen LogP contribution in [0.3, 0.4) is 0 Å². The summed E-state index contributed by atoms with van der Waals surface area (Å²) >= 11 is 1.47. The molecule has 0 amide bonds. The molecule has 0 saturated heterocycles. The molecule has 1 aromatic heterocycles. The number of rotatable bonds is 4. The first-order valence-electron chi connectivity index (χ1n) is 6.87. The van der Waals surface area contributed by atoms with Gasteiger partial charge in [0.2, 0.25) is 0 Å². The number of amidine groups is 1. The molecule has 2 heterocycles. The molecule has 2 aromatic rings. The maximum absolute atomic E-state index is 10.2. The zero-order valence-electron chi connectivity index (χ0n) is 11.8. The molecule has 0 unspecified atom stereocenters. The van der Waals surface area contributed by atoms with Crippen LogP contribution in [-0.4, -0.2) is 33.9 Å². The molecule has 0 spiro atoms. The van der Waals surface area contributed by atoms with Crippen LogP contribution in [0.5, 0.6) is 0 Å². The predicted octanol–water partition coefficient (Wildman–Crippen LogP) is 3.26. The minimum Gasteiger partial charge on any atom is -0.510 e. The fourth-order valence-corrected chi connectivity index (χ4v) is 3.29. The van der Waals surface area contributed by atoms with Crippen molar-refractivity contribution in [3.8, 4) is 0 Å². The van der Waals surface area contributed by atoms with E-state index in [-0.39, 0.29) is 5.76 Å². The van der Waals surface area contributed by atoms with Crippen LogP contribution in [-0.2, 0) is 6.42 Å². The summed E-state index contributed by atoms with van der Waals surface area (Å²) in [7, 11) is 0. The van der Waals surface area contributed by atoms with Gasteiger partial charge >= 0.3 is 0 Å². The van der Waals surface area contributed by atoms with Crippen molar-refractivity contribution in [3.63, 3.8) is 0 Å². The molecule has 5 heteroatoms. The molecular weight excluding hydrogens is 282 g/mol. The van der Waals surface area contributed by atoms with E-state index in [9.17, 15) is 5.11 Å². The fourth-order valence-electron chi connectivity index (χ4n) is 2.43. The molecule has 0 radical (unpaired) electrons. The Hall–Kier alpha value is -2.14. The van der Waals surface area contributed by atoms with Gasteiger partial charge < -0.3 is 10.0 Å². The number of hydrogen-bond donors (Lipinski definition) is 2. The maximum atomic E-state index is 10.2. The number of nitrogens with one attached hydrogen (secondary N) is 1. The zero-order chi connectivity index (χ0) is 14.8.